The van der Waals surface area contributed by atoms with E-state index in [1.54, 1.807) is 18.3 Å². The van der Waals surface area contributed by atoms with Gasteiger partial charge in [-0.15, -0.1) is 13.2 Å². The van der Waals surface area contributed by atoms with E-state index >= 15 is 0 Å². The summed E-state index contributed by atoms with van der Waals surface area (Å²) in [6, 6.07) is 11.3. The van der Waals surface area contributed by atoms with Crippen LogP contribution in [0.3, 0.4) is 0 Å². The van der Waals surface area contributed by atoms with Gasteiger partial charge in [0, 0.05) is 17.4 Å². The highest BCUT2D eigenvalue weighted by Gasteiger charge is 2.31. The first-order valence-electron chi connectivity index (χ1n) is 8.21. The Bertz CT molecular complexity index is 1190. The SMILES string of the molecule is Fc1ccc(Nc2ccn3ncc(-c4cccc(OC(F)(F)F)c4)c3n2)cc1Cl. The molecule has 0 spiro atoms. The Balaban J connectivity index is 1.69. The van der Waals surface area contributed by atoms with Crippen LogP contribution in [0.1, 0.15) is 0 Å². The van der Waals surface area contributed by atoms with Crippen LogP contribution in [0, 0.1) is 5.82 Å². The normalized spacial score (nSPS) is 11.6. The Morgan fingerprint density at radius 3 is 2.66 bits per heavy atom. The highest BCUT2D eigenvalue weighted by atomic mass is 35.5. The first-order valence-corrected chi connectivity index (χ1v) is 8.59. The van der Waals surface area contributed by atoms with E-state index in [1.807, 2.05) is 0 Å². The third-order valence-electron chi connectivity index (χ3n) is 3.94. The van der Waals surface area contributed by atoms with Crippen LogP contribution >= 0.6 is 11.6 Å². The summed E-state index contributed by atoms with van der Waals surface area (Å²) in [5, 5.41) is 7.12. The summed E-state index contributed by atoms with van der Waals surface area (Å²) < 4.78 is 56.2. The van der Waals surface area contributed by atoms with Crippen molar-refractivity contribution < 1.29 is 22.3 Å². The van der Waals surface area contributed by atoms with Gasteiger partial charge in [0.2, 0.25) is 0 Å². The number of aromatic nitrogens is 3. The molecule has 0 unspecified atom stereocenters. The molecule has 10 heteroatoms. The van der Waals surface area contributed by atoms with Crippen LogP contribution in [-0.4, -0.2) is 21.0 Å². The predicted octanol–water partition coefficient (Wildman–Crippen LogP) is 5.83. The molecule has 29 heavy (non-hydrogen) atoms. The largest absolute Gasteiger partial charge is 0.573 e. The van der Waals surface area contributed by atoms with E-state index in [-0.39, 0.29) is 10.8 Å². The molecule has 0 fully saturated rings. The Morgan fingerprint density at radius 2 is 1.90 bits per heavy atom. The molecule has 1 N–H and O–H groups in total. The zero-order chi connectivity index (χ0) is 20.6. The van der Waals surface area contributed by atoms with Gasteiger partial charge in [0.1, 0.15) is 17.4 Å². The van der Waals surface area contributed by atoms with Crippen molar-refractivity contribution in [3.63, 3.8) is 0 Å². The summed E-state index contributed by atoms with van der Waals surface area (Å²) in [5.41, 5.74) is 1.90. The van der Waals surface area contributed by atoms with E-state index < -0.39 is 12.2 Å². The van der Waals surface area contributed by atoms with Crippen molar-refractivity contribution in [1.29, 1.82) is 0 Å². The van der Waals surface area contributed by atoms with Crippen molar-refractivity contribution in [2.75, 3.05) is 5.32 Å². The molecule has 0 aliphatic carbocycles. The highest BCUT2D eigenvalue weighted by molar-refractivity contribution is 6.31. The minimum atomic E-state index is -4.79. The lowest BCUT2D eigenvalue weighted by Gasteiger charge is -2.10. The summed E-state index contributed by atoms with van der Waals surface area (Å²) in [5.74, 6) is -0.464. The van der Waals surface area contributed by atoms with Crippen LogP contribution < -0.4 is 10.1 Å². The number of alkyl halides is 3. The second kappa shape index (κ2) is 7.25. The van der Waals surface area contributed by atoms with E-state index in [2.05, 4.69) is 20.1 Å². The molecule has 2 aromatic carbocycles. The highest BCUT2D eigenvalue weighted by Crippen LogP contribution is 2.30. The van der Waals surface area contributed by atoms with Gasteiger partial charge in [0.05, 0.1) is 11.2 Å². The summed E-state index contributed by atoms with van der Waals surface area (Å²) in [7, 11) is 0. The van der Waals surface area contributed by atoms with E-state index in [9.17, 15) is 17.6 Å². The number of benzene rings is 2. The van der Waals surface area contributed by atoms with Gasteiger partial charge in [-0.2, -0.15) is 5.10 Å². The van der Waals surface area contributed by atoms with Gasteiger partial charge in [0.15, 0.2) is 5.65 Å². The number of fused-ring (bicyclic) bond motifs is 1. The second-order valence-corrected chi connectivity index (χ2v) is 6.38. The van der Waals surface area contributed by atoms with Gasteiger partial charge < -0.3 is 10.1 Å². The van der Waals surface area contributed by atoms with Crippen LogP contribution in [0.15, 0.2) is 60.9 Å². The van der Waals surface area contributed by atoms with Crippen molar-refractivity contribution in [1.82, 2.24) is 14.6 Å². The van der Waals surface area contributed by atoms with Crippen molar-refractivity contribution in [2.24, 2.45) is 0 Å². The third kappa shape index (κ3) is 4.24. The molecule has 0 atom stereocenters. The summed E-state index contributed by atoms with van der Waals surface area (Å²) in [6.45, 7) is 0. The first kappa shape index (κ1) is 19.0. The maximum atomic E-state index is 13.3. The third-order valence-corrected chi connectivity index (χ3v) is 4.23. The molecule has 0 saturated heterocycles. The van der Waals surface area contributed by atoms with Crippen LogP contribution in [0.25, 0.3) is 16.8 Å². The molecule has 2 aromatic heterocycles. The van der Waals surface area contributed by atoms with E-state index in [0.29, 0.717) is 28.3 Å². The van der Waals surface area contributed by atoms with Crippen LogP contribution in [0.2, 0.25) is 5.02 Å². The fourth-order valence-corrected chi connectivity index (χ4v) is 2.91. The van der Waals surface area contributed by atoms with Crippen LogP contribution in [0.4, 0.5) is 29.1 Å². The van der Waals surface area contributed by atoms with Gasteiger partial charge in [-0.3, -0.25) is 0 Å². The number of hydrogen-bond donors (Lipinski definition) is 1. The summed E-state index contributed by atoms with van der Waals surface area (Å²) in [4.78, 5) is 4.45. The van der Waals surface area contributed by atoms with E-state index in [1.165, 1.54) is 47.1 Å². The Kier molecular flexibility index (Phi) is 4.75. The molecule has 4 rings (SSSR count). The number of anilines is 2. The van der Waals surface area contributed by atoms with Crippen molar-refractivity contribution in [3.8, 4) is 16.9 Å². The quantitative estimate of drug-likeness (QED) is 0.420. The van der Waals surface area contributed by atoms with Crippen molar-refractivity contribution >= 4 is 28.8 Å². The number of nitrogens with zero attached hydrogens (tertiary/aromatic N) is 3. The van der Waals surface area contributed by atoms with Gasteiger partial charge in [-0.25, -0.2) is 13.9 Å². The monoisotopic (exact) mass is 422 g/mol. The molecule has 0 aliphatic rings. The zero-order valence-corrected chi connectivity index (χ0v) is 15.2. The van der Waals surface area contributed by atoms with E-state index in [0.717, 1.165) is 0 Å². The molecule has 0 aliphatic heterocycles. The average molecular weight is 423 g/mol. The second-order valence-electron chi connectivity index (χ2n) is 5.97. The van der Waals surface area contributed by atoms with Gasteiger partial charge in [-0.05, 0) is 42.0 Å². The summed E-state index contributed by atoms with van der Waals surface area (Å²) >= 11 is 5.78. The van der Waals surface area contributed by atoms with Crippen LogP contribution in [0.5, 0.6) is 5.75 Å². The average Bonchev–Trinajstić information content (AvgIpc) is 3.07. The minimum Gasteiger partial charge on any atom is -0.406 e. The lowest BCUT2D eigenvalue weighted by Crippen LogP contribution is -2.17. The maximum absolute atomic E-state index is 13.3. The minimum absolute atomic E-state index is 0.0393. The lowest BCUT2D eigenvalue weighted by molar-refractivity contribution is -0.274. The molecule has 2 heterocycles. The van der Waals surface area contributed by atoms with Crippen LogP contribution in [-0.2, 0) is 0 Å². The molecule has 0 bridgehead atoms. The topological polar surface area (TPSA) is 51.5 Å². The van der Waals surface area contributed by atoms with E-state index in [4.69, 9.17) is 11.6 Å². The molecular formula is C19H11ClF4N4O. The maximum Gasteiger partial charge on any atom is 0.573 e. The number of hydrogen-bond acceptors (Lipinski definition) is 4. The number of ether oxygens (including phenoxy) is 1. The fraction of sp³-hybridized carbons (Fsp3) is 0.0526. The molecular weight excluding hydrogens is 412 g/mol. The molecule has 0 saturated carbocycles. The Morgan fingerprint density at radius 1 is 1.07 bits per heavy atom. The first-order chi connectivity index (χ1) is 13.8. The van der Waals surface area contributed by atoms with Gasteiger partial charge in [0.25, 0.3) is 0 Å². The fourth-order valence-electron chi connectivity index (χ4n) is 2.72. The zero-order valence-electron chi connectivity index (χ0n) is 14.4. The molecule has 5 nitrogen and oxygen atoms in total. The molecule has 0 radical (unpaired) electrons. The van der Waals surface area contributed by atoms with Gasteiger partial charge >= 0.3 is 6.36 Å². The standard InChI is InChI=1S/C19H11ClF4N4O/c20-15-9-12(4-5-16(15)21)26-17-6-7-28-18(27-17)14(10-25-28)11-2-1-3-13(8-11)29-19(22,23)24/h1-10H,(H,26,27). The molecule has 4 aromatic rings. The lowest BCUT2D eigenvalue weighted by atomic mass is 10.1. The molecule has 0 amide bonds. The predicted molar refractivity (Wildman–Crippen MR) is 99.8 cm³/mol. The van der Waals surface area contributed by atoms with Crippen molar-refractivity contribution in [3.05, 3.63) is 71.8 Å². The number of nitrogens with one attached hydrogen (secondary N) is 1. The Labute approximate surface area is 166 Å². The number of halogens is 5. The smallest absolute Gasteiger partial charge is 0.406 e. The van der Waals surface area contributed by atoms with Gasteiger partial charge in [-0.1, -0.05) is 23.7 Å². The number of rotatable bonds is 4. The Hall–Kier alpha value is -3.33. The summed E-state index contributed by atoms with van der Waals surface area (Å²) in [6.07, 6.45) is -1.66. The van der Waals surface area contributed by atoms with Crippen molar-refractivity contribution in [2.45, 2.75) is 6.36 Å². The molecule has 148 valence electrons.